The molecule has 11 heteroatoms. The third-order valence-corrected chi connectivity index (χ3v) is 6.14. The number of nitrogens with zero attached hydrogens (tertiary/aromatic N) is 1. The van der Waals surface area contributed by atoms with Crippen LogP contribution in [0.5, 0.6) is 17.2 Å². The Morgan fingerprint density at radius 2 is 1.82 bits per heavy atom. The highest BCUT2D eigenvalue weighted by Gasteiger charge is 2.27. The molecule has 2 aromatic rings. The monoisotopic (exact) mass is 526 g/mol. The predicted octanol–water partition coefficient (Wildman–Crippen LogP) is 1.12. The number of rotatable bonds is 6. The molecule has 11 nitrogen and oxygen atoms in total. The van der Waals surface area contributed by atoms with Crippen LogP contribution < -0.4 is 30.2 Å². The molecule has 38 heavy (non-hydrogen) atoms. The summed E-state index contributed by atoms with van der Waals surface area (Å²) in [6.45, 7) is 2.32. The lowest BCUT2D eigenvalue weighted by Crippen LogP contribution is -2.49. The fourth-order valence-corrected chi connectivity index (χ4v) is 3.74. The van der Waals surface area contributed by atoms with Gasteiger partial charge >= 0.3 is 0 Å². The number of nitrogens with one attached hydrogen (secondary N) is 3. The van der Waals surface area contributed by atoms with Crippen LogP contribution in [-0.4, -0.2) is 81.1 Å². The van der Waals surface area contributed by atoms with E-state index in [2.05, 4.69) is 16.0 Å². The van der Waals surface area contributed by atoms with Gasteiger partial charge in [-0.2, -0.15) is 0 Å². The third-order valence-electron chi connectivity index (χ3n) is 6.14. The molecule has 4 amide bonds. The quantitative estimate of drug-likeness (QED) is 0.480. The second-order valence-electron chi connectivity index (χ2n) is 8.70. The first kappa shape index (κ1) is 28.3. The minimum atomic E-state index is -0.997. The molecule has 0 radical (unpaired) electrons. The van der Waals surface area contributed by atoms with Crippen molar-refractivity contribution >= 4 is 23.6 Å². The Hall–Kier alpha value is -4.28. The average molecular weight is 527 g/mol. The zero-order valence-electron chi connectivity index (χ0n) is 21.8. The number of methoxy groups -OCH3 is 1. The van der Waals surface area contributed by atoms with Gasteiger partial charge in [-0.15, -0.1) is 0 Å². The van der Waals surface area contributed by atoms with Gasteiger partial charge in [0.1, 0.15) is 42.5 Å². The summed E-state index contributed by atoms with van der Waals surface area (Å²) in [5.74, 6) is 0.0204. The second-order valence-corrected chi connectivity index (χ2v) is 8.70. The maximum absolute atomic E-state index is 13.1. The van der Waals surface area contributed by atoms with Crippen molar-refractivity contribution in [3.63, 3.8) is 0 Å². The normalized spacial score (nSPS) is 19.0. The van der Waals surface area contributed by atoms with Gasteiger partial charge in [0, 0.05) is 13.5 Å². The average Bonchev–Trinajstić information content (AvgIpc) is 2.94. The first-order valence-electron chi connectivity index (χ1n) is 12.4. The Kier molecular flexibility index (Phi) is 10.3. The van der Waals surface area contributed by atoms with Crippen LogP contribution in [0.1, 0.15) is 30.1 Å². The first-order chi connectivity index (χ1) is 18.3. The lowest BCUT2D eigenvalue weighted by Gasteiger charge is -2.25. The molecule has 0 spiro atoms. The van der Waals surface area contributed by atoms with Gasteiger partial charge in [-0.25, -0.2) is 0 Å². The van der Waals surface area contributed by atoms with Crippen molar-refractivity contribution in [2.75, 3.05) is 40.5 Å². The molecular weight excluding hydrogens is 492 g/mol. The summed E-state index contributed by atoms with van der Waals surface area (Å²) in [4.78, 5) is 52.7. The Morgan fingerprint density at radius 1 is 1.11 bits per heavy atom. The molecule has 0 fully saturated rings. The van der Waals surface area contributed by atoms with E-state index in [0.29, 0.717) is 17.2 Å². The fraction of sp³-hybridized carbons (Fsp3) is 0.407. The minimum absolute atomic E-state index is 0.0391. The molecule has 0 saturated heterocycles. The second kappa shape index (κ2) is 13.9. The predicted molar refractivity (Wildman–Crippen MR) is 139 cm³/mol. The molecule has 2 atom stereocenters. The maximum atomic E-state index is 13.1. The van der Waals surface area contributed by atoms with Crippen LogP contribution in [0.3, 0.4) is 0 Å². The van der Waals surface area contributed by atoms with Crippen LogP contribution >= 0.6 is 0 Å². The number of ether oxygens (including phenoxy) is 3. The number of amides is 4. The van der Waals surface area contributed by atoms with Crippen LogP contribution in [0.4, 0.5) is 0 Å². The van der Waals surface area contributed by atoms with Crippen LogP contribution in [0.2, 0.25) is 0 Å². The van der Waals surface area contributed by atoms with Crippen molar-refractivity contribution in [2.45, 2.75) is 31.8 Å². The smallest absolute Gasteiger partial charge is 0.255 e. The molecule has 0 aromatic heterocycles. The van der Waals surface area contributed by atoms with Gasteiger partial charge < -0.3 is 35.1 Å². The van der Waals surface area contributed by atoms with Crippen LogP contribution in [0, 0.1) is 0 Å². The molecule has 0 aliphatic carbocycles. The zero-order chi connectivity index (χ0) is 27.5. The number of fused-ring (bicyclic) bond motifs is 1. The molecule has 1 aliphatic rings. The number of carbonyl (C=O) groups is 4. The van der Waals surface area contributed by atoms with Crippen molar-refractivity contribution in [2.24, 2.45) is 0 Å². The fourth-order valence-electron chi connectivity index (χ4n) is 3.74. The van der Waals surface area contributed by atoms with E-state index in [1.165, 1.54) is 11.9 Å². The van der Waals surface area contributed by atoms with E-state index in [4.69, 9.17) is 14.2 Å². The van der Waals surface area contributed by atoms with Gasteiger partial charge in [0.15, 0.2) is 0 Å². The number of likely N-dealkylation sites (N-methyl/N-ethyl adjacent to an activating group) is 1. The van der Waals surface area contributed by atoms with Crippen LogP contribution in [-0.2, 0) is 14.4 Å². The molecule has 204 valence electrons. The van der Waals surface area contributed by atoms with Crippen LogP contribution in [0.25, 0.3) is 0 Å². The molecule has 0 saturated carbocycles. The molecule has 0 bridgehead atoms. The van der Waals surface area contributed by atoms with E-state index in [1.54, 1.807) is 62.6 Å². The van der Waals surface area contributed by atoms with Gasteiger partial charge in [0.25, 0.3) is 5.91 Å². The Balaban J connectivity index is 1.69. The van der Waals surface area contributed by atoms with Crippen molar-refractivity contribution in [3.8, 4) is 17.2 Å². The molecule has 3 rings (SSSR count). The number of benzene rings is 2. The molecule has 3 N–H and O–H groups in total. The highest BCUT2D eigenvalue weighted by molar-refractivity contribution is 5.99. The molecule has 1 aliphatic heterocycles. The highest BCUT2D eigenvalue weighted by Crippen LogP contribution is 2.19. The summed E-state index contributed by atoms with van der Waals surface area (Å²) >= 11 is 0. The van der Waals surface area contributed by atoms with E-state index in [1.807, 2.05) is 0 Å². The van der Waals surface area contributed by atoms with Gasteiger partial charge in [0.05, 0.1) is 25.8 Å². The number of para-hydroxylation sites is 1. The van der Waals surface area contributed by atoms with Gasteiger partial charge in [-0.1, -0.05) is 12.1 Å². The SMILES string of the molecule is COc1ccc(OCCNC(=O)[C@@H]2CCC(=O)N(C)[C@@H](C)C(=O)NCCOc3ccccc3C(=O)N2)cc1. The summed E-state index contributed by atoms with van der Waals surface area (Å²) < 4.78 is 16.5. The Bertz CT molecular complexity index is 1120. The highest BCUT2D eigenvalue weighted by atomic mass is 16.5. The Morgan fingerprint density at radius 3 is 2.55 bits per heavy atom. The van der Waals surface area contributed by atoms with Crippen molar-refractivity contribution in [1.82, 2.24) is 20.9 Å². The zero-order valence-corrected chi connectivity index (χ0v) is 21.8. The first-order valence-corrected chi connectivity index (χ1v) is 12.4. The van der Waals surface area contributed by atoms with E-state index >= 15 is 0 Å². The maximum Gasteiger partial charge on any atom is 0.255 e. The van der Waals surface area contributed by atoms with E-state index in [0.717, 1.165) is 0 Å². The summed E-state index contributed by atoms with van der Waals surface area (Å²) in [6.07, 6.45) is -0.00950. The van der Waals surface area contributed by atoms with Gasteiger partial charge in [-0.05, 0) is 49.7 Å². The number of carbonyl (C=O) groups excluding carboxylic acids is 4. The van der Waals surface area contributed by atoms with Crippen molar-refractivity contribution < 1.29 is 33.4 Å². The van der Waals surface area contributed by atoms with Gasteiger partial charge in [0.2, 0.25) is 17.7 Å². The van der Waals surface area contributed by atoms with E-state index in [-0.39, 0.29) is 56.5 Å². The molecule has 0 unspecified atom stereocenters. The Labute approximate surface area is 221 Å². The lowest BCUT2D eigenvalue weighted by atomic mass is 10.1. The van der Waals surface area contributed by atoms with Crippen LogP contribution in [0.15, 0.2) is 48.5 Å². The minimum Gasteiger partial charge on any atom is -0.497 e. The standard InChI is InChI=1S/C27H34N4O7/c1-18-25(33)28-15-17-38-23-7-5-4-6-21(23)26(34)30-22(12-13-24(32)31(18)2)27(35)29-14-16-37-20-10-8-19(36-3)9-11-20/h4-11,18,22H,12-17H2,1-3H3,(H,28,33)(H,29,35)(H,30,34)/t18-,22-/m0/s1. The third kappa shape index (κ3) is 7.86. The molecule has 1 heterocycles. The topological polar surface area (TPSA) is 135 Å². The molecule has 2 aromatic carbocycles. The summed E-state index contributed by atoms with van der Waals surface area (Å²) in [6, 6.07) is 12.0. The summed E-state index contributed by atoms with van der Waals surface area (Å²) in [5.41, 5.74) is 0.242. The summed E-state index contributed by atoms with van der Waals surface area (Å²) in [7, 11) is 3.10. The van der Waals surface area contributed by atoms with E-state index < -0.39 is 23.9 Å². The van der Waals surface area contributed by atoms with Gasteiger partial charge in [-0.3, -0.25) is 19.2 Å². The van der Waals surface area contributed by atoms with Crippen molar-refractivity contribution in [3.05, 3.63) is 54.1 Å². The molecular formula is C27H34N4O7. The number of hydrogen-bond donors (Lipinski definition) is 3. The largest absolute Gasteiger partial charge is 0.497 e. The number of hydrogen-bond acceptors (Lipinski definition) is 7. The van der Waals surface area contributed by atoms with E-state index in [9.17, 15) is 19.2 Å². The van der Waals surface area contributed by atoms with Crippen molar-refractivity contribution in [1.29, 1.82) is 0 Å². The lowest BCUT2D eigenvalue weighted by molar-refractivity contribution is -0.138. The summed E-state index contributed by atoms with van der Waals surface area (Å²) in [5, 5.41) is 8.21.